The van der Waals surface area contributed by atoms with Crippen molar-refractivity contribution in [1.29, 1.82) is 0 Å². The molecular weight excluding hydrogens is 1050 g/mol. The molecule has 29 heteroatoms. The molecule has 26 nitrogen and oxygen atoms in total. The summed E-state index contributed by atoms with van der Waals surface area (Å²) in [5.41, 5.74) is 11.0. The average Bonchev–Trinajstić information content (AvgIpc) is 4.13. The largest absolute Gasteiger partial charge is 0.505 e. The third-order valence-electron chi connectivity index (χ3n) is 12.6. The first-order valence-corrected chi connectivity index (χ1v) is 25.0. The fraction of sp³-hybridized carbons (Fsp3) is 0.500. The van der Waals surface area contributed by atoms with Crippen molar-refractivity contribution in [3.8, 4) is 0 Å². The normalized spacial score (nSPS) is 18.1. The van der Waals surface area contributed by atoms with Crippen LogP contribution in [-0.2, 0) is 65.5 Å². The molecule has 0 aliphatic carbocycles. The molecule has 2 aromatic carbocycles. The number of fused-ring (bicyclic) bond motifs is 1. The summed E-state index contributed by atoms with van der Waals surface area (Å²) in [5.74, 6) is -8.05. The number of para-hydroxylation sites is 1. The van der Waals surface area contributed by atoms with E-state index in [0.29, 0.717) is 11.1 Å². The lowest BCUT2D eigenvalue weighted by molar-refractivity contribution is -0.363. The lowest BCUT2D eigenvalue weighted by Crippen LogP contribution is -2.68. The zero-order valence-electron chi connectivity index (χ0n) is 43.6. The predicted octanol–water partition coefficient (Wildman–Crippen LogP) is -3.55. The van der Waals surface area contributed by atoms with E-state index in [2.05, 4.69) is 52.7 Å². The number of aliphatic hydroxyl groups is 2. The first-order valence-electron chi connectivity index (χ1n) is 25.0. The number of hydrogen-bond donors (Lipinski definition) is 12. The van der Waals surface area contributed by atoms with E-state index in [1.165, 1.54) is 13.8 Å². The standard InChI is InChI=1S/C48H65N11O12.C2HF3O3/c1-24(2)19-33(54-42(65)31-16-17-38(63)52-31)44(67)57-39(25(3)60)47(70)56-34(20-27-11-6-5-7-12-27)45(68)58-40(26(4)61)48(71)59-18-10-15-36(59)46(69)55-35(22-37(49)62)43(66)53-32(41(50)64)21-28-23-51-30-14-9-8-13-29(28)30;3-2(4,5)8-1(6)7/h5-9,11-14,23-26,31-36,39-40,51,60-61H,10,15-22H2,1-4H3,(H2,49,62)(H2,50,64)(H,52,63)(H,53,66)(H,54,65)(H,55,69)(H,56,70)(H,57,67)(H,58,68);(H,6,7)/t25-,26-,31+,32+,33+,34+,35+,36+,39+,40+;/m1./s1. The van der Waals surface area contributed by atoms with Crippen molar-refractivity contribution >= 4 is 76.1 Å². The van der Waals surface area contributed by atoms with Gasteiger partial charge in [0.1, 0.15) is 48.3 Å². The van der Waals surface area contributed by atoms with Gasteiger partial charge in [0.2, 0.25) is 53.2 Å². The second-order valence-corrected chi connectivity index (χ2v) is 19.4. The zero-order valence-corrected chi connectivity index (χ0v) is 43.6. The number of nitrogens with one attached hydrogen (secondary N) is 8. The Morgan fingerprint density at radius 2 is 1.34 bits per heavy atom. The minimum absolute atomic E-state index is 0.0150. The van der Waals surface area contributed by atoms with Crippen LogP contribution in [0.3, 0.4) is 0 Å². The number of H-pyrrole nitrogens is 1. The maximum atomic E-state index is 14.3. The quantitative estimate of drug-likeness (QED) is 0.0387. The number of rotatable bonds is 24. The monoisotopic (exact) mass is 1120 g/mol. The molecule has 2 aliphatic rings. The molecule has 79 heavy (non-hydrogen) atoms. The second-order valence-electron chi connectivity index (χ2n) is 19.4. The highest BCUT2D eigenvalue weighted by Gasteiger charge is 2.42. The average molecular weight is 1120 g/mol. The number of carboxylic acid groups (broad SMARTS) is 1. The van der Waals surface area contributed by atoms with Crippen molar-refractivity contribution in [1.82, 2.24) is 47.1 Å². The van der Waals surface area contributed by atoms with E-state index >= 15 is 0 Å². The number of quaternary nitrogens is 1. The molecular formula is C50H66F3N11O15. The number of nitrogens with two attached hydrogens (primary N) is 1. The summed E-state index contributed by atoms with van der Waals surface area (Å²) < 4.78 is 34.2. The molecule has 0 saturated carbocycles. The van der Waals surface area contributed by atoms with Crippen molar-refractivity contribution in [2.45, 2.75) is 146 Å². The molecule has 3 aromatic rings. The van der Waals surface area contributed by atoms with Crippen molar-refractivity contribution in [2.24, 2.45) is 11.7 Å². The number of aromatic nitrogens is 1. The molecule has 2 fully saturated rings. The molecule has 0 radical (unpaired) electrons. The van der Waals surface area contributed by atoms with Crippen LogP contribution in [0, 0.1) is 5.92 Å². The summed E-state index contributed by atoms with van der Waals surface area (Å²) in [6, 6.07) is 4.92. The van der Waals surface area contributed by atoms with Crippen molar-refractivity contribution in [3.05, 3.63) is 71.9 Å². The molecule has 0 unspecified atom stereocenters. The Bertz CT molecular complexity index is 2690. The summed E-state index contributed by atoms with van der Waals surface area (Å²) >= 11 is 0. The molecule has 10 amide bonds. The van der Waals surface area contributed by atoms with Gasteiger partial charge in [-0.3, -0.25) is 48.9 Å². The third kappa shape index (κ3) is 19.7. The van der Waals surface area contributed by atoms with Gasteiger partial charge in [-0.25, -0.2) is 4.79 Å². The van der Waals surface area contributed by atoms with Gasteiger partial charge in [-0.15, -0.1) is 13.2 Å². The highest BCUT2D eigenvalue weighted by Crippen LogP contribution is 2.22. The number of nitrogens with zero attached hydrogens (tertiary/aromatic N) is 1. The van der Waals surface area contributed by atoms with Crippen LogP contribution in [-0.4, -0.2) is 159 Å². The van der Waals surface area contributed by atoms with Crippen molar-refractivity contribution < 1.29 is 91.7 Å². The van der Waals surface area contributed by atoms with Crippen LogP contribution >= 0.6 is 0 Å². The van der Waals surface area contributed by atoms with Gasteiger partial charge in [-0.2, -0.15) is 0 Å². The summed E-state index contributed by atoms with van der Waals surface area (Å²) in [4.78, 5) is 147. The van der Waals surface area contributed by atoms with Gasteiger partial charge in [-0.1, -0.05) is 62.4 Å². The summed E-state index contributed by atoms with van der Waals surface area (Å²) in [6.45, 7) is 6.07. The number of aliphatic hydroxyl groups excluding tert-OH is 2. The van der Waals surface area contributed by atoms with Gasteiger partial charge < -0.3 is 77.7 Å². The number of likely N-dealkylation sites (tertiary alicyclic amines) is 1. The van der Waals surface area contributed by atoms with Crippen LogP contribution < -0.4 is 53.8 Å². The zero-order chi connectivity index (χ0) is 58.9. The Morgan fingerprint density at radius 1 is 0.759 bits per heavy atom. The molecule has 10 atom stereocenters. The Balaban J connectivity index is 0.00000155. The van der Waals surface area contributed by atoms with Gasteiger partial charge in [0.05, 0.1) is 18.6 Å². The van der Waals surface area contributed by atoms with Gasteiger partial charge >= 0.3 is 12.3 Å². The molecule has 2 saturated heterocycles. The predicted molar refractivity (Wildman–Crippen MR) is 267 cm³/mol. The van der Waals surface area contributed by atoms with Crippen molar-refractivity contribution in [3.63, 3.8) is 0 Å². The smallest absolute Gasteiger partial charge is 0.463 e. The van der Waals surface area contributed by atoms with E-state index in [4.69, 9.17) is 15.6 Å². The van der Waals surface area contributed by atoms with Crippen LogP contribution in [0.4, 0.5) is 18.0 Å². The van der Waals surface area contributed by atoms with Crippen LogP contribution in [0.2, 0.25) is 0 Å². The molecule has 1 aromatic heterocycles. The number of ether oxygens (including phenoxy) is 1. The maximum Gasteiger partial charge on any atom is 0.505 e. The van der Waals surface area contributed by atoms with Crippen LogP contribution in [0.25, 0.3) is 10.9 Å². The van der Waals surface area contributed by atoms with Gasteiger partial charge in [0, 0.05) is 42.9 Å². The fourth-order valence-corrected chi connectivity index (χ4v) is 8.70. The van der Waals surface area contributed by atoms with E-state index in [0.717, 1.165) is 15.8 Å². The molecule has 0 spiro atoms. The summed E-state index contributed by atoms with van der Waals surface area (Å²) in [5, 5.41) is 49.3. The topological polar surface area (TPSA) is 417 Å². The molecule has 15 N–H and O–H groups in total. The van der Waals surface area contributed by atoms with E-state index in [1.54, 1.807) is 36.5 Å². The molecule has 5 rings (SSSR count). The van der Waals surface area contributed by atoms with Crippen LogP contribution in [0.1, 0.15) is 77.3 Å². The number of benzene rings is 2. The molecule has 0 bridgehead atoms. The number of amides is 10. The fourth-order valence-electron chi connectivity index (χ4n) is 8.70. The Hall–Kier alpha value is -8.18. The van der Waals surface area contributed by atoms with E-state index in [-0.39, 0.29) is 63.3 Å². The van der Waals surface area contributed by atoms with Gasteiger partial charge in [0.15, 0.2) is 0 Å². The Labute approximate surface area is 450 Å². The number of alkyl halides is 3. The Kier molecular flexibility index (Phi) is 23.2. The summed E-state index contributed by atoms with van der Waals surface area (Å²) in [7, 11) is 0. The van der Waals surface area contributed by atoms with Crippen molar-refractivity contribution in [2.75, 3.05) is 6.54 Å². The Morgan fingerprint density at radius 3 is 1.90 bits per heavy atom. The lowest BCUT2D eigenvalue weighted by Gasteiger charge is -2.32. The number of halogens is 3. The first-order chi connectivity index (χ1) is 37.0. The number of carbonyl (C=O) groups is 11. The molecule has 2 aliphatic heterocycles. The SMILES string of the molecule is CC(C)C[C@H](NC(=O)[C@@H]1CCC(=O)N1)C(=O)N[C@H](C(=O)N[C@@H](Cc1ccccc1)C(=O)N[C@H](C(=O)N1CCC[C@H]1C(=O)N[C@@H](CC(N)=O)C(=O)N[C@@H](Cc1c[nH]c2ccccc12)C([NH3+])=O)[C@@H](C)O)[C@@H](C)O.O=C([O-])OC(F)(F)F. The highest BCUT2D eigenvalue weighted by molar-refractivity contribution is 5.99. The number of hydrogen-bond acceptors (Lipinski definition) is 15. The highest BCUT2D eigenvalue weighted by atomic mass is 19.4. The summed E-state index contributed by atoms with van der Waals surface area (Å²) in [6.07, 6.45) is -9.06. The van der Waals surface area contributed by atoms with Gasteiger partial charge in [0.25, 0.3) is 6.16 Å². The minimum Gasteiger partial charge on any atom is -0.463 e. The minimum atomic E-state index is -5.14. The van der Waals surface area contributed by atoms with E-state index in [1.807, 2.05) is 38.1 Å². The second kappa shape index (κ2) is 29.0. The van der Waals surface area contributed by atoms with Gasteiger partial charge in [-0.05, 0) is 62.6 Å². The maximum absolute atomic E-state index is 14.3. The number of carbonyl (C=O) groups excluding carboxylic acids is 11. The number of primary amides is 1. The number of aromatic amines is 1. The molecule has 3 heterocycles. The van der Waals surface area contributed by atoms with E-state index in [9.17, 15) is 71.3 Å². The van der Waals surface area contributed by atoms with Crippen LogP contribution in [0.15, 0.2) is 60.8 Å². The third-order valence-corrected chi connectivity index (χ3v) is 12.6. The first kappa shape index (κ1) is 63.4. The van der Waals surface area contributed by atoms with Crippen LogP contribution in [0.5, 0.6) is 0 Å². The molecule has 432 valence electrons. The lowest BCUT2D eigenvalue weighted by atomic mass is 10.0. The van der Waals surface area contributed by atoms with E-state index < -0.39 is 133 Å².